The van der Waals surface area contributed by atoms with Crippen LogP contribution in [0.4, 0.5) is 10.6 Å². The molecule has 36 heavy (non-hydrogen) atoms. The Kier molecular flexibility index (Phi) is 6.96. The van der Waals surface area contributed by atoms with Gasteiger partial charge in [-0.2, -0.15) is 0 Å². The second-order valence-electron chi connectivity index (χ2n) is 11.0. The third kappa shape index (κ3) is 5.95. The molecule has 0 atom stereocenters. The van der Waals surface area contributed by atoms with Crippen molar-refractivity contribution in [1.82, 2.24) is 24.4 Å². The minimum absolute atomic E-state index is 0.109. The number of carbonyl (C=O) groups is 1. The lowest BCUT2D eigenvalue weighted by atomic mass is 9.96. The van der Waals surface area contributed by atoms with Crippen LogP contribution in [0.2, 0.25) is 0 Å². The highest BCUT2D eigenvalue weighted by molar-refractivity contribution is 7.99. The number of rotatable bonds is 6. The van der Waals surface area contributed by atoms with Crippen molar-refractivity contribution in [2.75, 3.05) is 25.6 Å². The number of carbonyl (C=O) groups excluding carboxylic acids is 1. The molecule has 4 rings (SSSR count). The quantitative estimate of drug-likeness (QED) is 0.491. The van der Waals surface area contributed by atoms with Gasteiger partial charge in [0.1, 0.15) is 11.9 Å². The number of benzene rings is 1. The van der Waals surface area contributed by atoms with Crippen LogP contribution >= 0.6 is 11.8 Å². The molecule has 0 unspecified atom stereocenters. The van der Waals surface area contributed by atoms with E-state index in [1.807, 2.05) is 44.4 Å². The van der Waals surface area contributed by atoms with E-state index in [1.54, 1.807) is 4.90 Å². The van der Waals surface area contributed by atoms with Gasteiger partial charge in [0, 0.05) is 24.5 Å². The number of imidazole rings is 1. The van der Waals surface area contributed by atoms with Crippen LogP contribution in [-0.4, -0.2) is 56.0 Å². The molecule has 3 aromatic rings. The molecule has 2 N–H and O–H groups in total. The summed E-state index contributed by atoms with van der Waals surface area (Å²) in [4.78, 5) is 29.1. The number of hydrogen-bond donors (Lipinski definition) is 1. The Balaban J connectivity index is 1.66. The summed E-state index contributed by atoms with van der Waals surface area (Å²) in [5.41, 5.74) is 7.61. The molecular formula is C25H34N6O4S. The molecule has 0 spiro atoms. The zero-order chi connectivity index (χ0) is 26.3. The lowest BCUT2D eigenvalue weighted by molar-refractivity contribution is 0.0180. The van der Waals surface area contributed by atoms with Crippen LogP contribution in [0.5, 0.6) is 11.5 Å². The third-order valence-corrected chi connectivity index (χ3v) is 6.46. The fraction of sp³-hybridized carbons (Fsp3) is 0.520. The Bertz CT molecular complexity index is 1280. The topological polar surface area (TPSA) is 118 Å². The van der Waals surface area contributed by atoms with Crippen molar-refractivity contribution in [2.24, 2.45) is 5.41 Å². The lowest BCUT2D eigenvalue weighted by Gasteiger charge is -2.32. The van der Waals surface area contributed by atoms with E-state index in [1.165, 1.54) is 18.1 Å². The van der Waals surface area contributed by atoms with Gasteiger partial charge in [0.25, 0.3) is 0 Å². The normalized spacial score (nSPS) is 13.3. The van der Waals surface area contributed by atoms with Crippen LogP contribution in [-0.2, 0) is 11.3 Å². The van der Waals surface area contributed by atoms with Gasteiger partial charge in [-0.3, -0.25) is 0 Å². The molecule has 1 aliphatic rings. The highest BCUT2D eigenvalue weighted by Crippen LogP contribution is 2.41. The molecule has 0 saturated heterocycles. The average molecular weight is 515 g/mol. The van der Waals surface area contributed by atoms with Crippen molar-refractivity contribution in [3.05, 3.63) is 24.0 Å². The first-order valence-corrected chi connectivity index (χ1v) is 12.6. The van der Waals surface area contributed by atoms with E-state index in [0.717, 1.165) is 16.2 Å². The zero-order valence-electron chi connectivity index (χ0n) is 21.9. The first-order chi connectivity index (χ1) is 16.8. The molecule has 1 amide bonds. The van der Waals surface area contributed by atoms with Crippen molar-refractivity contribution < 1.29 is 19.0 Å². The average Bonchev–Trinajstić information content (AvgIpc) is 3.34. The largest absolute Gasteiger partial charge is 0.454 e. The highest BCUT2D eigenvalue weighted by Gasteiger charge is 2.27. The predicted octanol–water partition coefficient (Wildman–Crippen LogP) is 4.88. The SMILES string of the molecule is Cc1cc2c(cc1Sc1nc3c(N)ncnc3n1CCN(CC(C)(C)C)C(=O)OC(C)(C)C)OCO2. The first kappa shape index (κ1) is 25.9. The number of hydrogen-bond acceptors (Lipinski definition) is 9. The molecule has 0 fully saturated rings. The standard InChI is InChI=1S/C25H34N6O4S/c1-15-10-16-17(34-14-33-16)11-18(15)36-22-29-19-20(26)27-13-28-21(19)31(22)9-8-30(12-24(2,3)4)23(32)35-25(5,6)7/h10-11,13H,8-9,12,14H2,1-7H3,(H2,26,27,28). The van der Waals surface area contributed by atoms with E-state index in [2.05, 4.69) is 30.7 Å². The number of nitrogens with zero attached hydrogens (tertiary/aromatic N) is 5. The van der Waals surface area contributed by atoms with Crippen LogP contribution in [0.25, 0.3) is 11.2 Å². The maximum Gasteiger partial charge on any atom is 0.410 e. The van der Waals surface area contributed by atoms with Crippen LogP contribution in [0.3, 0.4) is 0 Å². The summed E-state index contributed by atoms with van der Waals surface area (Å²) in [7, 11) is 0. The summed E-state index contributed by atoms with van der Waals surface area (Å²) in [6, 6.07) is 3.91. The van der Waals surface area contributed by atoms with E-state index in [-0.39, 0.29) is 18.3 Å². The second kappa shape index (κ2) is 9.68. The van der Waals surface area contributed by atoms with E-state index in [4.69, 9.17) is 24.9 Å². The molecule has 11 heteroatoms. The van der Waals surface area contributed by atoms with Gasteiger partial charge in [0.15, 0.2) is 33.6 Å². The molecule has 194 valence electrons. The summed E-state index contributed by atoms with van der Waals surface area (Å²) in [5.74, 6) is 1.74. The number of fused-ring (bicyclic) bond motifs is 2. The Morgan fingerprint density at radius 1 is 1.17 bits per heavy atom. The summed E-state index contributed by atoms with van der Waals surface area (Å²) < 4.78 is 18.7. The molecule has 10 nitrogen and oxygen atoms in total. The zero-order valence-corrected chi connectivity index (χ0v) is 22.7. The van der Waals surface area contributed by atoms with Crippen LogP contribution < -0.4 is 15.2 Å². The Hall–Kier alpha value is -3.21. The van der Waals surface area contributed by atoms with Crippen molar-refractivity contribution in [3.8, 4) is 11.5 Å². The first-order valence-electron chi connectivity index (χ1n) is 11.8. The molecule has 0 radical (unpaired) electrons. The predicted molar refractivity (Wildman–Crippen MR) is 138 cm³/mol. The van der Waals surface area contributed by atoms with E-state index < -0.39 is 5.60 Å². The van der Waals surface area contributed by atoms with Gasteiger partial charge in [-0.05, 0) is 50.8 Å². The minimum Gasteiger partial charge on any atom is -0.454 e. The number of aryl methyl sites for hydroxylation is 1. The Labute approximate surface area is 215 Å². The van der Waals surface area contributed by atoms with Gasteiger partial charge in [-0.15, -0.1) is 0 Å². The van der Waals surface area contributed by atoms with E-state index in [9.17, 15) is 4.79 Å². The van der Waals surface area contributed by atoms with Gasteiger partial charge in [0.2, 0.25) is 6.79 Å². The van der Waals surface area contributed by atoms with Crippen molar-refractivity contribution >= 4 is 34.8 Å². The second-order valence-corrected chi connectivity index (χ2v) is 12.0. The third-order valence-electron chi connectivity index (χ3n) is 5.31. The van der Waals surface area contributed by atoms with Gasteiger partial charge in [-0.1, -0.05) is 32.5 Å². The van der Waals surface area contributed by atoms with Crippen LogP contribution in [0.1, 0.15) is 47.1 Å². The maximum atomic E-state index is 13.0. The maximum absolute atomic E-state index is 13.0. The Morgan fingerprint density at radius 2 is 1.86 bits per heavy atom. The van der Waals surface area contributed by atoms with Crippen molar-refractivity contribution in [3.63, 3.8) is 0 Å². The molecule has 2 aromatic heterocycles. The monoisotopic (exact) mass is 514 g/mol. The molecular weight excluding hydrogens is 480 g/mol. The highest BCUT2D eigenvalue weighted by atomic mass is 32.2. The molecule has 3 heterocycles. The fourth-order valence-electron chi connectivity index (χ4n) is 3.80. The lowest BCUT2D eigenvalue weighted by Crippen LogP contribution is -2.42. The number of anilines is 1. The fourth-order valence-corrected chi connectivity index (χ4v) is 4.81. The Morgan fingerprint density at radius 3 is 2.53 bits per heavy atom. The summed E-state index contributed by atoms with van der Waals surface area (Å²) in [6.07, 6.45) is 1.08. The minimum atomic E-state index is -0.589. The molecule has 0 saturated carbocycles. The van der Waals surface area contributed by atoms with Crippen molar-refractivity contribution in [2.45, 2.75) is 70.7 Å². The molecule has 1 aliphatic heterocycles. The van der Waals surface area contributed by atoms with Crippen molar-refractivity contribution in [1.29, 1.82) is 0 Å². The molecule has 0 bridgehead atoms. The van der Waals surface area contributed by atoms with Crippen LogP contribution in [0.15, 0.2) is 28.5 Å². The van der Waals surface area contributed by atoms with Gasteiger partial charge in [0.05, 0.1) is 0 Å². The van der Waals surface area contributed by atoms with Gasteiger partial charge < -0.3 is 29.4 Å². The van der Waals surface area contributed by atoms with Gasteiger partial charge in [-0.25, -0.2) is 19.7 Å². The molecule has 0 aliphatic carbocycles. The molecule has 1 aromatic carbocycles. The smallest absolute Gasteiger partial charge is 0.410 e. The van der Waals surface area contributed by atoms with E-state index in [0.29, 0.717) is 47.5 Å². The van der Waals surface area contributed by atoms with E-state index >= 15 is 0 Å². The van der Waals surface area contributed by atoms with Crippen LogP contribution in [0, 0.1) is 12.3 Å². The number of amides is 1. The summed E-state index contributed by atoms with van der Waals surface area (Å²) in [6.45, 7) is 15.5. The number of nitrogen functional groups attached to an aromatic ring is 1. The summed E-state index contributed by atoms with van der Waals surface area (Å²) in [5, 5.41) is 0.694. The van der Waals surface area contributed by atoms with Gasteiger partial charge >= 0.3 is 6.09 Å². The number of ether oxygens (including phenoxy) is 3. The number of nitrogens with two attached hydrogens (primary N) is 1. The number of aromatic nitrogens is 4. The summed E-state index contributed by atoms with van der Waals surface area (Å²) >= 11 is 1.48.